The van der Waals surface area contributed by atoms with Gasteiger partial charge in [0.05, 0.1) is 14.2 Å². The highest BCUT2D eigenvalue weighted by atomic mass is 19.1. The molecule has 3 aromatic rings. The van der Waals surface area contributed by atoms with E-state index in [4.69, 9.17) is 9.47 Å². The molecule has 1 fully saturated rings. The monoisotopic (exact) mass is 473 g/mol. The van der Waals surface area contributed by atoms with E-state index in [2.05, 4.69) is 10.4 Å². The highest BCUT2D eigenvalue weighted by molar-refractivity contribution is 5.92. The molecule has 1 aliphatic carbocycles. The first-order valence-corrected chi connectivity index (χ1v) is 10.6. The Morgan fingerprint density at radius 1 is 1.15 bits per heavy atom. The highest BCUT2D eigenvalue weighted by Crippen LogP contribution is 2.34. The number of aliphatic hydroxyl groups is 1. The maximum Gasteiger partial charge on any atom is 0.372 e. The molecule has 1 aromatic heterocycles. The number of aliphatic hydroxyl groups excluding tert-OH is 1. The van der Waals surface area contributed by atoms with E-state index in [9.17, 15) is 24.2 Å². The Balaban J connectivity index is 1.80. The summed E-state index contributed by atoms with van der Waals surface area (Å²) in [4.78, 5) is 26.4. The third-order valence-corrected chi connectivity index (χ3v) is 5.88. The first kappa shape index (κ1) is 23.2. The summed E-state index contributed by atoms with van der Waals surface area (Å²) >= 11 is 0. The van der Waals surface area contributed by atoms with E-state index in [1.807, 2.05) is 0 Å². The van der Waals surface area contributed by atoms with Crippen LogP contribution in [0.3, 0.4) is 0 Å². The van der Waals surface area contributed by atoms with E-state index < -0.39 is 23.8 Å². The SMILES string of the molecule is COc1ccc(N(C2CCCC2)C(O)n2nnn(-c3c(F)cccc3OC)c2=O)cc1C(=O)O. The molecular formula is C22H24FN5O6. The molecule has 1 saturated carbocycles. The molecule has 0 amide bonds. The first-order chi connectivity index (χ1) is 16.4. The number of tetrazole rings is 1. The molecule has 0 saturated heterocycles. The fourth-order valence-corrected chi connectivity index (χ4v) is 4.26. The molecule has 2 aromatic carbocycles. The van der Waals surface area contributed by atoms with Gasteiger partial charge in [0, 0.05) is 11.7 Å². The number of methoxy groups -OCH3 is 2. The van der Waals surface area contributed by atoms with Crippen molar-refractivity contribution >= 4 is 11.7 Å². The van der Waals surface area contributed by atoms with Crippen molar-refractivity contribution in [3.8, 4) is 17.2 Å². The van der Waals surface area contributed by atoms with Gasteiger partial charge in [-0.15, -0.1) is 4.68 Å². The molecule has 1 atom stereocenters. The molecule has 12 heteroatoms. The number of halogens is 1. The quantitative estimate of drug-likeness (QED) is 0.473. The van der Waals surface area contributed by atoms with Crippen LogP contribution in [0, 0.1) is 5.82 Å². The van der Waals surface area contributed by atoms with Crippen LogP contribution in [0.25, 0.3) is 5.69 Å². The van der Waals surface area contributed by atoms with Crippen LogP contribution in [0.2, 0.25) is 0 Å². The summed E-state index contributed by atoms with van der Waals surface area (Å²) in [7, 11) is 2.69. The lowest BCUT2D eigenvalue weighted by Gasteiger charge is -2.34. The minimum atomic E-state index is -1.63. The lowest BCUT2D eigenvalue weighted by atomic mass is 10.1. The van der Waals surface area contributed by atoms with Gasteiger partial charge < -0.3 is 24.6 Å². The summed E-state index contributed by atoms with van der Waals surface area (Å²) < 4.78 is 26.2. The Kier molecular flexibility index (Phi) is 6.50. The van der Waals surface area contributed by atoms with E-state index >= 15 is 0 Å². The predicted octanol–water partition coefficient (Wildman–Crippen LogP) is 2.18. The molecule has 11 nitrogen and oxygen atoms in total. The number of benzene rings is 2. The van der Waals surface area contributed by atoms with Crippen molar-refractivity contribution in [3.63, 3.8) is 0 Å². The number of carbonyl (C=O) groups is 1. The van der Waals surface area contributed by atoms with Gasteiger partial charge in [0.2, 0.25) is 6.35 Å². The number of carboxylic acid groups (broad SMARTS) is 1. The standard InChI is InChI=1S/C22H24FN5O6/c1-33-17-11-10-14(12-15(17)20(29)30)26(13-6-3-4-7-13)21(31)28-22(32)27(24-25-28)19-16(23)8-5-9-18(19)34-2/h5,8-13,21,31H,3-4,6-7H2,1-2H3,(H,29,30). The smallest absolute Gasteiger partial charge is 0.372 e. The third kappa shape index (κ3) is 4.07. The van der Waals surface area contributed by atoms with Crippen LogP contribution in [0.15, 0.2) is 41.2 Å². The first-order valence-electron chi connectivity index (χ1n) is 10.6. The van der Waals surface area contributed by atoms with Gasteiger partial charge in [0.25, 0.3) is 0 Å². The van der Waals surface area contributed by atoms with Crippen molar-refractivity contribution in [2.75, 3.05) is 19.1 Å². The van der Waals surface area contributed by atoms with Crippen LogP contribution in [-0.4, -0.2) is 56.2 Å². The van der Waals surface area contributed by atoms with Crippen molar-refractivity contribution in [1.82, 2.24) is 19.8 Å². The number of hydrogen-bond acceptors (Lipinski definition) is 8. The number of hydrogen-bond donors (Lipinski definition) is 2. The van der Waals surface area contributed by atoms with E-state index in [-0.39, 0.29) is 28.8 Å². The van der Waals surface area contributed by atoms with Crippen LogP contribution >= 0.6 is 0 Å². The van der Waals surface area contributed by atoms with E-state index in [1.165, 1.54) is 43.4 Å². The van der Waals surface area contributed by atoms with Gasteiger partial charge in [-0.3, -0.25) is 0 Å². The van der Waals surface area contributed by atoms with Crippen molar-refractivity contribution in [2.24, 2.45) is 0 Å². The molecule has 0 radical (unpaired) electrons. The van der Waals surface area contributed by atoms with Crippen LogP contribution < -0.4 is 20.1 Å². The second kappa shape index (κ2) is 9.51. The summed E-state index contributed by atoms with van der Waals surface area (Å²) in [5.41, 5.74) is -0.867. The van der Waals surface area contributed by atoms with Crippen molar-refractivity contribution in [1.29, 1.82) is 0 Å². The van der Waals surface area contributed by atoms with E-state index in [0.717, 1.165) is 36.4 Å². The summed E-state index contributed by atoms with van der Waals surface area (Å²) in [5, 5.41) is 28.4. The molecular weight excluding hydrogens is 449 g/mol. The molecule has 180 valence electrons. The normalized spacial score (nSPS) is 14.7. The minimum Gasteiger partial charge on any atom is -0.496 e. The van der Waals surface area contributed by atoms with Crippen LogP contribution in [0.1, 0.15) is 42.4 Å². The summed E-state index contributed by atoms with van der Waals surface area (Å²) in [6, 6.07) is 8.31. The number of ether oxygens (including phenoxy) is 2. The van der Waals surface area contributed by atoms with Crippen molar-refractivity contribution in [3.05, 3.63) is 58.3 Å². The number of rotatable bonds is 8. The molecule has 1 aliphatic rings. The van der Waals surface area contributed by atoms with Gasteiger partial charge in [-0.05, 0) is 53.6 Å². The third-order valence-electron chi connectivity index (χ3n) is 5.88. The Morgan fingerprint density at radius 3 is 2.50 bits per heavy atom. The lowest BCUT2D eigenvalue weighted by molar-refractivity contribution is 0.0684. The maximum atomic E-state index is 14.5. The number of aromatic carboxylic acids is 1. The zero-order chi connectivity index (χ0) is 24.4. The molecule has 0 spiro atoms. The fraction of sp³-hybridized carbons (Fsp3) is 0.364. The number of para-hydroxylation sites is 1. The topological polar surface area (TPSA) is 132 Å². The van der Waals surface area contributed by atoms with Crippen molar-refractivity contribution < 1.29 is 28.9 Å². The predicted molar refractivity (Wildman–Crippen MR) is 118 cm³/mol. The average molecular weight is 473 g/mol. The van der Waals surface area contributed by atoms with Gasteiger partial charge in [0.1, 0.15) is 22.7 Å². The van der Waals surface area contributed by atoms with Crippen molar-refractivity contribution in [2.45, 2.75) is 38.1 Å². The van der Waals surface area contributed by atoms with Gasteiger partial charge in [-0.1, -0.05) is 18.9 Å². The molecule has 0 aliphatic heterocycles. The molecule has 1 unspecified atom stereocenters. The van der Waals surface area contributed by atoms with Gasteiger partial charge in [-0.25, -0.2) is 14.0 Å². The fourth-order valence-electron chi connectivity index (χ4n) is 4.26. The summed E-state index contributed by atoms with van der Waals surface area (Å²) in [6.07, 6.45) is 1.62. The second-order valence-electron chi connectivity index (χ2n) is 7.79. The molecule has 1 heterocycles. The van der Waals surface area contributed by atoms with E-state index in [0.29, 0.717) is 10.4 Å². The summed E-state index contributed by atoms with van der Waals surface area (Å²) in [6.45, 7) is 0. The Labute approximate surface area is 193 Å². The van der Waals surface area contributed by atoms with Crippen LogP contribution in [-0.2, 0) is 0 Å². The molecule has 0 bridgehead atoms. The Bertz CT molecular complexity index is 1250. The van der Waals surface area contributed by atoms with Crippen LogP contribution in [0.4, 0.5) is 10.1 Å². The van der Waals surface area contributed by atoms with Gasteiger partial charge in [0.15, 0.2) is 5.82 Å². The molecule has 4 rings (SSSR count). The lowest BCUT2D eigenvalue weighted by Crippen LogP contribution is -2.44. The zero-order valence-electron chi connectivity index (χ0n) is 18.6. The zero-order valence-corrected chi connectivity index (χ0v) is 18.6. The Morgan fingerprint density at radius 2 is 1.85 bits per heavy atom. The maximum absolute atomic E-state index is 14.5. The number of anilines is 1. The van der Waals surface area contributed by atoms with Crippen LogP contribution in [0.5, 0.6) is 11.5 Å². The summed E-state index contributed by atoms with van der Waals surface area (Å²) in [5.74, 6) is -1.73. The molecule has 2 N–H and O–H groups in total. The highest BCUT2D eigenvalue weighted by Gasteiger charge is 2.32. The number of carboxylic acids is 1. The largest absolute Gasteiger partial charge is 0.496 e. The number of nitrogens with zero attached hydrogens (tertiary/aromatic N) is 5. The molecule has 34 heavy (non-hydrogen) atoms. The Hall–Kier alpha value is -3.93. The average Bonchev–Trinajstić information content (AvgIpc) is 3.49. The van der Waals surface area contributed by atoms with Gasteiger partial charge >= 0.3 is 11.7 Å². The second-order valence-corrected chi connectivity index (χ2v) is 7.79. The van der Waals surface area contributed by atoms with E-state index in [1.54, 1.807) is 6.07 Å². The minimum absolute atomic E-state index is 0.0672. The van der Waals surface area contributed by atoms with Gasteiger partial charge in [-0.2, -0.15) is 4.68 Å². The number of aromatic nitrogens is 4.